The number of carbonyl (C=O) groups excluding carboxylic acids is 1. The van der Waals surface area contributed by atoms with Gasteiger partial charge in [0.15, 0.2) is 5.65 Å². The van der Waals surface area contributed by atoms with Gasteiger partial charge in [-0.25, -0.2) is 14.4 Å². The molecule has 4 rings (SSSR count). The quantitative estimate of drug-likeness (QED) is 0.602. The number of nitrogens with two attached hydrogens (primary N) is 1. The fraction of sp³-hybridized carbons (Fsp3) is 0. The molecule has 2 aromatic heterocycles. The van der Waals surface area contributed by atoms with E-state index < -0.39 is 11.7 Å². The molecule has 2 heterocycles. The maximum atomic E-state index is 14.6. The second-order valence-corrected chi connectivity index (χ2v) is 5.57. The van der Waals surface area contributed by atoms with E-state index in [1.165, 1.54) is 18.3 Å². The van der Waals surface area contributed by atoms with Gasteiger partial charge < -0.3 is 10.7 Å². The highest BCUT2D eigenvalue weighted by atomic mass is 19.1. The molecule has 0 radical (unpaired) electrons. The number of pyridine rings is 1. The Balaban J connectivity index is 1.81. The lowest BCUT2D eigenvalue weighted by molar-refractivity contribution is 0.100. The molecule has 0 fully saturated rings. The Labute approximate surface area is 142 Å². The normalized spacial score (nSPS) is 10.9. The number of primary amides is 1. The summed E-state index contributed by atoms with van der Waals surface area (Å²) in [6, 6.07) is 16.0. The summed E-state index contributed by atoms with van der Waals surface area (Å²) in [7, 11) is 0. The summed E-state index contributed by atoms with van der Waals surface area (Å²) in [5.74, 6) is -0.723. The molecule has 3 N–H and O–H groups in total. The number of nitrogens with one attached hydrogen (secondary N) is 1. The molecule has 0 spiro atoms. The van der Waals surface area contributed by atoms with Gasteiger partial charge in [0, 0.05) is 6.20 Å². The number of benzene rings is 2. The predicted molar refractivity (Wildman–Crippen MR) is 93.2 cm³/mol. The molecule has 0 aliphatic heterocycles. The molecule has 0 unspecified atom stereocenters. The maximum absolute atomic E-state index is 14.6. The lowest BCUT2D eigenvalue weighted by Gasteiger charge is -2.04. The topological polar surface area (TPSA) is 84.7 Å². The van der Waals surface area contributed by atoms with Gasteiger partial charge in [-0.2, -0.15) is 0 Å². The van der Waals surface area contributed by atoms with Crippen LogP contribution in [0.4, 0.5) is 4.39 Å². The van der Waals surface area contributed by atoms with E-state index in [0.29, 0.717) is 22.6 Å². The average molecular weight is 332 g/mol. The fourth-order valence-corrected chi connectivity index (χ4v) is 2.75. The van der Waals surface area contributed by atoms with E-state index in [4.69, 9.17) is 5.73 Å². The van der Waals surface area contributed by atoms with Crippen molar-refractivity contribution in [2.45, 2.75) is 0 Å². The number of amides is 1. The number of nitrogens with zero attached hydrogens (tertiary/aromatic N) is 2. The van der Waals surface area contributed by atoms with Crippen LogP contribution in [0.1, 0.15) is 10.4 Å². The van der Waals surface area contributed by atoms with Crippen LogP contribution in [0.5, 0.6) is 0 Å². The van der Waals surface area contributed by atoms with Crippen LogP contribution in [0.15, 0.2) is 60.8 Å². The maximum Gasteiger partial charge on any atom is 0.251 e. The Morgan fingerprint density at radius 2 is 1.84 bits per heavy atom. The van der Waals surface area contributed by atoms with Crippen LogP contribution < -0.4 is 5.73 Å². The van der Waals surface area contributed by atoms with Crippen LogP contribution in [0.2, 0.25) is 0 Å². The second-order valence-electron chi connectivity index (χ2n) is 5.57. The summed E-state index contributed by atoms with van der Waals surface area (Å²) in [6.45, 7) is 0. The third-order valence-corrected chi connectivity index (χ3v) is 3.98. The number of imidazole rings is 1. The molecule has 4 aromatic rings. The lowest BCUT2D eigenvalue weighted by atomic mass is 10.0. The van der Waals surface area contributed by atoms with Crippen LogP contribution >= 0.6 is 0 Å². The van der Waals surface area contributed by atoms with Gasteiger partial charge in [-0.1, -0.05) is 36.4 Å². The minimum Gasteiger partial charge on any atom is -0.366 e. The molecule has 0 aliphatic rings. The first-order chi connectivity index (χ1) is 12.1. The van der Waals surface area contributed by atoms with Gasteiger partial charge in [-0.3, -0.25) is 4.79 Å². The van der Waals surface area contributed by atoms with E-state index in [1.807, 2.05) is 36.4 Å². The molecule has 1 amide bonds. The number of halogens is 1. The van der Waals surface area contributed by atoms with Gasteiger partial charge in [0.25, 0.3) is 5.91 Å². The van der Waals surface area contributed by atoms with Crippen molar-refractivity contribution in [3.8, 4) is 22.5 Å². The summed E-state index contributed by atoms with van der Waals surface area (Å²) in [6.07, 6.45) is 1.46. The Morgan fingerprint density at radius 1 is 1.04 bits per heavy atom. The average Bonchev–Trinajstić information content (AvgIpc) is 3.06. The number of aromatic nitrogens is 3. The van der Waals surface area contributed by atoms with Crippen LogP contribution in [-0.2, 0) is 0 Å². The SMILES string of the molecule is NC(=O)c1ccnc2[nH]c(-c3ccc(-c4ccccc4)cc3F)nc12. The molecule has 2 aromatic carbocycles. The zero-order valence-corrected chi connectivity index (χ0v) is 13.0. The van der Waals surface area contributed by atoms with Crippen LogP contribution in [-0.4, -0.2) is 20.9 Å². The summed E-state index contributed by atoms with van der Waals surface area (Å²) < 4.78 is 14.6. The highest BCUT2D eigenvalue weighted by Crippen LogP contribution is 2.28. The summed E-state index contributed by atoms with van der Waals surface area (Å²) in [5.41, 5.74) is 8.31. The van der Waals surface area contributed by atoms with Gasteiger partial charge in [-0.15, -0.1) is 0 Å². The molecule has 0 saturated carbocycles. The zero-order valence-electron chi connectivity index (χ0n) is 13.0. The number of rotatable bonds is 3. The second kappa shape index (κ2) is 5.83. The first-order valence-electron chi connectivity index (χ1n) is 7.63. The van der Waals surface area contributed by atoms with Gasteiger partial charge in [-0.05, 0) is 29.3 Å². The van der Waals surface area contributed by atoms with E-state index in [0.717, 1.165) is 11.1 Å². The molecule has 122 valence electrons. The van der Waals surface area contributed by atoms with Crippen LogP contribution in [0.25, 0.3) is 33.7 Å². The predicted octanol–water partition coefficient (Wildman–Crippen LogP) is 3.53. The highest BCUT2D eigenvalue weighted by molar-refractivity contribution is 6.03. The van der Waals surface area contributed by atoms with Gasteiger partial charge in [0.1, 0.15) is 17.2 Å². The molecular weight excluding hydrogens is 319 g/mol. The fourth-order valence-electron chi connectivity index (χ4n) is 2.75. The largest absolute Gasteiger partial charge is 0.366 e. The van der Waals surface area contributed by atoms with Gasteiger partial charge in [0.2, 0.25) is 0 Å². The molecule has 0 saturated heterocycles. The monoisotopic (exact) mass is 332 g/mol. The van der Waals surface area contributed by atoms with Crippen molar-refractivity contribution in [1.82, 2.24) is 15.0 Å². The molecule has 5 nitrogen and oxygen atoms in total. The molecule has 25 heavy (non-hydrogen) atoms. The number of carbonyl (C=O) groups is 1. The van der Waals surface area contributed by atoms with E-state index in [1.54, 1.807) is 6.07 Å². The smallest absolute Gasteiger partial charge is 0.251 e. The number of fused-ring (bicyclic) bond motifs is 1. The molecule has 0 aliphatic carbocycles. The third kappa shape index (κ3) is 2.63. The highest BCUT2D eigenvalue weighted by Gasteiger charge is 2.15. The third-order valence-electron chi connectivity index (χ3n) is 3.98. The van der Waals surface area contributed by atoms with Crippen molar-refractivity contribution < 1.29 is 9.18 Å². The molecular formula is C19H13FN4O. The summed E-state index contributed by atoms with van der Waals surface area (Å²) in [5, 5.41) is 0. The van der Waals surface area contributed by atoms with Crippen molar-refractivity contribution in [3.63, 3.8) is 0 Å². The van der Waals surface area contributed by atoms with E-state index in [9.17, 15) is 9.18 Å². The van der Waals surface area contributed by atoms with E-state index in [-0.39, 0.29) is 5.56 Å². The van der Waals surface area contributed by atoms with Crippen molar-refractivity contribution in [2.24, 2.45) is 5.73 Å². The minimum absolute atomic E-state index is 0.244. The molecule has 0 atom stereocenters. The molecule has 0 bridgehead atoms. The van der Waals surface area contributed by atoms with Crippen LogP contribution in [0, 0.1) is 5.82 Å². The van der Waals surface area contributed by atoms with E-state index in [2.05, 4.69) is 15.0 Å². The van der Waals surface area contributed by atoms with Crippen molar-refractivity contribution in [1.29, 1.82) is 0 Å². The van der Waals surface area contributed by atoms with Crippen molar-refractivity contribution >= 4 is 17.1 Å². The Bertz CT molecular complexity index is 1090. The standard InChI is InChI=1S/C19H13FN4O/c20-15-10-12(11-4-2-1-3-5-11)6-7-13(15)18-23-16-14(17(21)25)8-9-22-19(16)24-18/h1-10H,(H2,21,25)(H,22,23,24). The van der Waals surface area contributed by atoms with Crippen molar-refractivity contribution in [3.05, 3.63) is 72.2 Å². The van der Waals surface area contributed by atoms with E-state index >= 15 is 0 Å². The summed E-state index contributed by atoms with van der Waals surface area (Å²) >= 11 is 0. The Hall–Kier alpha value is -3.54. The minimum atomic E-state index is -0.606. The van der Waals surface area contributed by atoms with Crippen molar-refractivity contribution in [2.75, 3.05) is 0 Å². The lowest BCUT2D eigenvalue weighted by Crippen LogP contribution is -2.11. The Kier molecular flexibility index (Phi) is 3.50. The number of H-pyrrole nitrogens is 1. The number of hydrogen-bond acceptors (Lipinski definition) is 3. The number of aromatic amines is 1. The van der Waals surface area contributed by atoms with Crippen LogP contribution in [0.3, 0.4) is 0 Å². The zero-order chi connectivity index (χ0) is 17.4. The van der Waals surface area contributed by atoms with Gasteiger partial charge in [0.05, 0.1) is 11.1 Å². The number of hydrogen-bond donors (Lipinski definition) is 2. The molecule has 6 heteroatoms. The summed E-state index contributed by atoms with van der Waals surface area (Å²) in [4.78, 5) is 22.9. The Morgan fingerprint density at radius 3 is 2.56 bits per heavy atom. The van der Waals surface area contributed by atoms with Gasteiger partial charge >= 0.3 is 0 Å². The first kappa shape index (κ1) is 15.0. The first-order valence-corrected chi connectivity index (χ1v) is 7.63.